The van der Waals surface area contributed by atoms with Crippen molar-refractivity contribution in [3.8, 4) is 17.0 Å². The van der Waals surface area contributed by atoms with E-state index in [1.807, 2.05) is 30.5 Å². The molecule has 3 N–H and O–H groups in total. The van der Waals surface area contributed by atoms with E-state index in [0.717, 1.165) is 55.1 Å². The minimum absolute atomic E-state index is 0.773. The van der Waals surface area contributed by atoms with Gasteiger partial charge in [-0.1, -0.05) is 6.42 Å². The highest BCUT2D eigenvalue weighted by atomic mass is 16.5. The summed E-state index contributed by atoms with van der Waals surface area (Å²) in [4.78, 5) is 7.78. The zero-order valence-corrected chi connectivity index (χ0v) is 11.4. The number of imidazole rings is 1. The summed E-state index contributed by atoms with van der Waals surface area (Å²) in [6.07, 6.45) is 6.25. The van der Waals surface area contributed by atoms with Crippen LogP contribution in [0.25, 0.3) is 11.3 Å². The molecule has 0 bridgehead atoms. The summed E-state index contributed by atoms with van der Waals surface area (Å²) in [6.45, 7) is 0.773. The SMILES string of the molecule is COc1ccc(-c2cnc(CCCCCN)[nH]2)cc1. The van der Waals surface area contributed by atoms with Crippen LogP contribution in [0.5, 0.6) is 5.75 Å². The summed E-state index contributed by atoms with van der Waals surface area (Å²) in [7, 11) is 1.67. The van der Waals surface area contributed by atoms with Crippen molar-refractivity contribution in [1.29, 1.82) is 0 Å². The van der Waals surface area contributed by atoms with Crippen LogP contribution < -0.4 is 10.5 Å². The molecule has 0 atom stereocenters. The van der Waals surface area contributed by atoms with E-state index in [1.54, 1.807) is 7.11 Å². The summed E-state index contributed by atoms with van der Waals surface area (Å²) in [6, 6.07) is 7.98. The standard InChI is InChI=1S/C15H21N3O/c1-19-13-8-6-12(7-9-13)14-11-17-15(18-14)5-3-2-4-10-16/h6-9,11H,2-5,10,16H2,1H3,(H,17,18). The first-order valence-electron chi connectivity index (χ1n) is 6.72. The Morgan fingerprint density at radius 2 is 1.95 bits per heavy atom. The predicted molar refractivity (Wildman–Crippen MR) is 77.2 cm³/mol. The van der Waals surface area contributed by atoms with E-state index in [4.69, 9.17) is 10.5 Å². The number of aromatic amines is 1. The van der Waals surface area contributed by atoms with Crippen LogP contribution in [0, 0.1) is 0 Å². The fourth-order valence-electron chi connectivity index (χ4n) is 2.02. The van der Waals surface area contributed by atoms with Gasteiger partial charge in [-0.15, -0.1) is 0 Å². The second kappa shape index (κ2) is 6.95. The molecule has 102 valence electrons. The van der Waals surface area contributed by atoms with Crippen LogP contribution in [0.3, 0.4) is 0 Å². The molecule has 2 aromatic rings. The number of aromatic nitrogens is 2. The molecule has 0 saturated carbocycles. The number of hydrogen-bond acceptors (Lipinski definition) is 3. The molecule has 4 heteroatoms. The van der Waals surface area contributed by atoms with Crippen LogP contribution in [0.1, 0.15) is 25.1 Å². The van der Waals surface area contributed by atoms with Crippen LogP contribution >= 0.6 is 0 Å². The molecule has 0 radical (unpaired) electrons. The van der Waals surface area contributed by atoms with Crippen LogP contribution in [0.2, 0.25) is 0 Å². The number of benzene rings is 1. The van der Waals surface area contributed by atoms with Gasteiger partial charge < -0.3 is 15.5 Å². The molecule has 0 aliphatic heterocycles. The molecule has 0 amide bonds. The number of H-pyrrole nitrogens is 1. The second-order valence-electron chi connectivity index (χ2n) is 4.57. The topological polar surface area (TPSA) is 63.9 Å². The molecular weight excluding hydrogens is 238 g/mol. The van der Waals surface area contributed by atoms with E-state index in [1.165, 1.54) is 0 Å². The van der Waals surface area contributed by atoms with E-state index in [-0.39, 0.29) is 0 Å². The summed E-state index contributed by atoms with van der Waals surface area (Å²) in [5.41, 5.74) is 7.66. The number of nitrogens with zero attached hydrogens (tertiary/aromatic N) is 1. The molecule has 19 heavy (non-hydrogen) atoms. The predicted octanol–water partition coefficient (Wildman–Crippen LogP) is 2.76. The van der Waals surface area contributed by atoms with Gasteiger partial charge in [-0.05, 0) is 49.2 Å². The Kier molecular flexibility index (Phi) is 4.98. The largest absolute Gasteiger partial charge is 0.497 e. The Bertz CT molecular complexity index is 490. The van der Waals surface area contributed by atoms with Crippen LogP contribution in [0.15, 0.2) is 30.5 Å². The van der Waals surface area contributed by atoms with Gasteiger partial charge >= 0.3 is 0 Å². The van der Waals surface area contributed by atoms with Gasteiger partial charge in [0.05, 0.1) is 19.0 Å². The number of methoxy groups -OCH3 is 1. The lowest BCUT2D eigenvalue weighted by molar-refractivity contribution is 0.415. The van der Waals surface area contributed by atoms with E-state index >= 15 is 0 Å². The van der Waals surface area contributed by atoms with E-state index in [9.17, 15) is 0 Å². The lowest BCUT2D eigenvalue weighted by Crippen LogP contribution is -1.98. The third-order valence-electron chi connectivity index (χ3n) is 3.15. The Balaban J connectivity index is 1.95. The van der Waals surface area contributed by atoms with Crippen molar-refractivity contribution in [3.63, 3.8) is 0 Å². The van der Waals surface area contributed by atoms with Crippen LogP contribution in [-0.4, -0.2) is 23.6 Å². The highest BCUT2D eigenvalue weighted by Gasteiger charge is 2.03. The first-order chi connectivity index (χ1) is 9.33. The molecule has 1 aromatic carbocycles. The molecule has 1 heterocycles. The Labute approximate surface area is 114 Å². The van der Waals surface area contributed by atoms with Gasteiger partial charge in [0.1, 0.15) is 11.6 Å². The first kappa shape index (κ1) is 13.6. The molecule has 2 rings (SSSR count). The molecule has 0 fully saturated rings. The molecule has 0 spiro atoms. The maximum atomic E-state index is 5.48. The first-order valence-corrected chi connectivity index (χ1v) is 6.72. The van der Waals surface area contributed by atoms with Crippen molar-refractivity contribution in [3.05, 3.63) is 36.3 Å². The molecule has 0 saturated heterocycles. The van der Waals surface area contributed by atoms with E-state index in [2.05, 4.69) is 9.97 Å². The summed E-state index contributed by atoms with van der Waals surface area (Å²) in [5.74, 6) is 1.91. The Morgan fingerprint density at radius 3 is 2.63 bits per heavy atom. The fourth-order valence-corrected chi connectivity index (χ4v) is 2.02. The number of hydrogen-bond donors (Lipinski definition) is 2. The molecular formula is C15H21N3O. The lowest BCUT2D eigenvalue weighted by Gasteiger charge is -2.01. The average molecular weight is 259 g/mol. The number of ether oxygens (including phenoxy) is 1. The van der Waals surface area contributed by atoms with Gasteiger partial charge in [-0.25, -0.2) is 4.98 Å². The zero-order chi connectivity index (χ0) is 13.5. The van der Waals surface area contributed by atoms with Crippen LogP contribution in [-0.2, 0) is 6.42 Å². The van der Waals surface area contributed by atoms with Crippen molar-refractivity contribution in [2.24, 2.45) is 5.73 Å². The van der Waals surface area contributed by atoms with Gasteiger partial charge in [0.15, 0.2) is 0 Å². The van der Waals surface area contributed by atoms with Crippen molar-refractivity contribution in [2.45, 2.75) is 25.7 Å². The fraction of sp³-hybridized carbons (Fsp3) is 0.400. The third-order valence-corrected chi connectivity index (χ3v) is 3.15. The Hall–Kier alpha value is -1.81. The highest BCUT2D eigenvalue weighted by molar-refractivity contribution is 5.59. The number of aryl methyl sites for hydroxylation is 1. The maximum absolute atomic E-state index is 5.48. The molecule has 0 unspecified atom stereocenters. The molecule has 1 aromatic heterocycles. The molecule has 4 nitrogen and oxygen atoms in total. The normalized spacial score (nSPS) is 10.6. The molecule has 0 aliphatic rings. The van der Waals surface area contributed by atoms with Crippen molar-refractivity contribution in [2.75, 3.05) is 13.7 Å². The minimum Gasteiger partial charge on any atom is -0.497 e. The number of rotatable bonds is 7. The summed E-state index contributed by atoms with van der Waals surface area (Å²) < 4.78 is 5.15. The average Bonchev–Trinajstić information content (AvgIpc) is 2.92. The number of nitrogens with two attached hydrogens (primary N) is 1. The quantitative estimate of drug-likeness (QED) is 0.751. The van der Waals surface area contributed by atoms with Gasteiger partial charge in [0.2, 0.25) is 0 Å². The summed E-state index contributed by atoms with van der Waals surface area (Å²) >= 11 is 0. The van der Waals surface area contributed by atoms with Gasteiger partial charge in [0, 0.05) is 6.42 Å². The van der Waals surface area contributed by atoms with Crippen molar-refractivity contribution >= 4 is 0 Å². The Morgan fingerprint density at radius 1 is 1.16 bits per heavy atom. The second-order valence-corrected chi connectivity index (χ2v) is 4.57. The third kappa shape index (κ3) is 3.83. The van der Waals surface area contributed by atoms with Gasteiger partial charge in [-0.2, -0.15) is 0 Å². The highest BCUT2D eigenvalue weighted by Crippen LogP contribution is 2.20. The van der Waals surface area contributed by atoms with Crippen LogP contribution in [0.4, 0.5) is 0 Å². The maximum Gasteiger partial charge on any atom is 0.118 e. The van der Waals surface area contributed by atoms with Gasteiger partial charge in [0.25, 0.3) is 0 Å². The van der Waals surface area contributed by atoms with E-state index in [0.29, 0.717) is 0 Å². The monoisotopic (exact) mass is 259 g/mol. The smallest absolute Gasteiger partial charge is 0.118 e. The van der Waals surface area contributed by atoms with Gasteiger partial charge in [-0.3, -0.25) is 0 Å². The lowest BCUT2D eigenvalue weighted by atomic mass is 10.1. The number of nitrogens with one attached hydrogen (secondary N) is 1. The van der Waals surface area contributed by atoms with Crippen molar-refractivity contribution < 1.29 is 4.74 Å². The summed E-state index contributed by atoms with van der Waals surface area (Å²) in [5, 5.41) is 0. The number of unbranched alkanes of at least 4 members (excludes halogenated alkanes) is 2. The van der Waals surface area contributed by atoms with E-state index < -0.39 is 0 Å². The van der Waals surface area contributed by atoms with Crippen molar-refractivity contribution in [1.82, 2.24) is 9.97 Å². The minimum atomic E-state index is 0.773. The molecule has 0 aliphatic carbocycles. The zero-order valence-electron chi connectivity index (χ0n) is 11.4.